The number of hydrogen-bond donors (Lipinski definition) is 2. The fourth-order valence-electron chi connectivity index (χ4n) is 2.85. The number of carbonyl (C=O) groups excluding carboxylic acids is 3. The molecule has 0 spiro atoms. The number of amides is 4. The number of anilines is 2. The minimum absolute atomic E-state index is 0.153. The number of nitro groups is 1. The quantitative estimate of drug-likeness (QED) is 0.478. The highest BCUT2D eigenvalue weighted by Gasteiger charge is 2.39. The zero-order valence-electron chi connectivity index (χ0n) is 15.3. The first kappa shape index (κ1) is 19.0. The average molecular weight is 382 g/mol. The maximum atomic E-state index is 12.8. The molecule has 0 bridgehead atoms. The van der Waals surface area contributed by atoms with Gasteiger partial charge >= 0.3 is 6.03 Å². The molecule has 1 atom stereocenters. The van der Waals surface area contributed by atoms with Crippen LogP contribution in [-0.2, 0) is 9.59 Å². The normalized spacial score (nSPS) is 16.5. The third kappa shape index (κ3) is 3.68. The zero-order chi connectivity index (χ0) is 20.4. The second-order valence-corrected chi connectivity index (χ2v) is 6.48. The summed E-state index contributed by atoms with van der Waals surface area (Å²) in [6.07, 6.45) is 0. The van der Waals surface area contributed by atoms with E-state index in [-0.39, 0.29) is 17.9 Å². The van der Waals surface area contributed by atoms with Gasteiger partial charge in [-0.2, -0.15) is 0 Å². The van der Waals surface area contributed by atoms with Crippen molar-refractivity contribution >= 4 is 34.9 Å². The Morgan fingerprint density at radius 1 is 1.18 bits per heavy atom. The summed E-state index contributed by atoms with van der Waals surface area (Å²) in [5.41, 5.74) is 2.30. The summed E-state index contributed by atoms with van der Waals surface area (Å²) in [5.74, 6) is -2.46. The number of nitrogens with zero attached hydrogens (tertiary/aromatic N) is 2. The topological polar surface area (TPSA) is 122 Å². The lowest BCUT2D eigenvalue weighted by atomic mass is 10.0. The van der Waals surface area contributed by atoms with Gasteiger partial charge in [0, 0.05) is 24.4 Å². The molecule has 2 aromatic carbocycles. The molecule has 2 N–H and O–H groups in total. The minimum atomic E-state index is -1.15. The lowest BCUT2D eigenvalue weighted by Gasteiger charge is -2.31. The van der Waals surface area contributed by atoms with Gasteiger partial charge in [0.05, 0.1) is 10.6 Å². The molecule has 9 heteroatoms. The van der Waals surface area contributed by atoms with Crippen molar-refractivity contribution in [1.29, 1.82) is 0 Å². The molecule has 0 radical (unpaired) electrons. The second-order valence-electron chi connectivity index (χ2n) is 6.48. The van der Waals surface area contributed by atoms with Gasteiger partial charge in [0.25, 0.3) is 5.69 Å². The number of benzene rings is 2. The molecule has 2 aromatic rings. The lowest BCUT2D eigenvalue weighted by molar-refractivity contribution is -0.384. The van der Waals surface area contributed by atoms with E-state index in [2.05, 4.69) is 10.6 Å². The van der Waals surface area contributed by atoms with Crippen LogP contribution >= 0.6 is 0 Å². The minimum Gasteiger partial charge on any atom is -0.336 e. The Labute approximate surface area is 160 Å². The number of hydrogen-bond acceptors (Lipinski definition) is 5. The largest absolute Gasteiger partial charge is 0.336 e. The van der Waals surface area contributed by atoms with Gasteiger partial charge in [-0.05, 0) is 43.2 Å². The summed E-state index contributed by atoms with van der Waals surface area (Å²) in [6.45, 7) is 3.62. The van der Waals surface area contributed by atoms with E-state index in [9.17, 15) is 24.5 Å². The highest BCUT2D eigenvalue weighted by Crippen LogP contribution is 2.24. The monoisotopic (exact) mass is 382 g/mol. The number of urea groups is 1. The van der Waals surface area contributed by atoms with Gasteiger partial charge in [-0.15, -0.1) is 0 Å². The van der Waals surface area contributed by atoms with Crippen molar-refractivity contribution in [3.05, 3.63) is 63.7 Å². The van der Waals surface area contributed by atoms with Gasteiger partial charge in [0.1, 0.15) is 5.92 Å². The Morgan fingerprint density at radius 2 is 1.93 bits per heavy atom. The first-order valence-electron chi connectivity index (χ1n) is 8.52. The fourth-order valence-corrected chi connectivity index (χ4v) is 2.85. The third-order valence-corrected chi connectivity index (χ3v) is 4.57. The predicted octanol–water partition coefficient (Wildman–Crippen LogP) is 2.52. The van der Waals surface area contributed by atoms with Crippen molar-refractivity contribution in [3.8, 4) is 0 Å². The Balaban J connectivity index is 1.82. The molecular formula is C19H18N4O5. The number of aryl methyl sites for hydroxylation is 2. The molecule has 0 saturated carbocycles. The molecule has 3 rings (SSSR count). The van der Waals surface area contributed by atoms with Crippen LogP contribution in [0.2, 0.25) is 0 Å². The summed E-state index contributed by atoms with van der Waals surface area (Å²) in [6, 6.07) is 9.94. The van der Waals surface area contributed by atoms with Gasteiger partial charge in [-0.1, -0.05) is 12.1 Å². The first-order chi connectivity index (χ1) is 13.3. The Kier molecular flexibility index (Phi) is 5.08. The van der Waals surface area contributed by atoms with Crippen LogP contribution in [0.1, 0.15) is 11.1 Å². The van der Waals surface area contributed by atoms with E-state index in [0.717, 1.165) is 16.0 Å². The molecule has 4 amide bonds. The van der Waals surface area contributed by atoms with Gasteiger partial charge < -0.3 is 10.6 Å². The maximum Gasteiger partial charge on any atom is 0.328 e. The van der Waals surface area contributed by atoms with Crippen LogP contribution in [0, 0.1) is 29.9 Å². The molecule has 144 valence electrons. The number of carbonyl (C=O) groups is 3. The number of rotatable bonds is 4. The summed E-state index contributed by atoms with van der Waals surface area (Å²) < 4.78 is 0. The van der Waals surface area contributed by atoms with Crippen LogP contribution in [0.3, 0.4) is 0 Å². The van der Waals surface area contributed by atoms with Gasteiger partial charge in [0.15, 0.2) is 0 Å². The molecule has 1 saturated heterocycles. The highest BCUT2D eigenvalue weighted by atomic mass is 16.6. The van der Waals surface area contributed by atoms with Gasteiger partial charge in [0.2, 0.25) is 11.8 Å². The van der Waals surface area contributed by atoms with Gasteiger partial charge in [-0.3, -0.25) is 19.7 Å². The molecule has 1 fully saturated rings. The van der Waals surface area contributed by atoms with Crippen LogP contribution in [0.5, 0.6) is 0 Å². The molecule has 9 nitrogen and oxygen atoms in total. The molecule has 1 heterocycles. The van der Waals surface area contributed by atoms with Crippen LogP contribution in [-0.4, -0.2) is 29.3 Å². The molecule has 1 aliphatic heterocycles. The summed E-state index contributed by atoms with van der Waals surface area (Å²) in [5, 5.41) is 15.9. The van der Waals surface area contributed by atoms with E-state index in [1.807, 2.05) is 13.8 Å². The Hall–Kier alpha value is -3.75. The van der Waals surface area contributed by atoms with Crippen LogP contribution < -0.4 is 15.5 Å². The highest BCUT2D eigenvalue weighted by molar-refractivity contribution is 6.23. The van der Waals surface area contributed by atoms with E-state index in [1.54, 1.807) is 18.2 Å². The summed E-state index contributed by atoms with van der Waals surface area (Å²) in [4.78, 5) is 48.9. The van der Waals surface area contributed by atoms with E-state index in [0.29, 0.717) is 5.69 Å². The van der Waals surface area contributed by atoms with Crippen LogP contribution in [0.15, 0.2) is 42.5 Å². The molecule has 0 aliphatic carbocycles. The number of nitro benzene ring substituents is 1. The molecular weight excluding hydrogens is 364 g/mol. The van der Waals surface area contributed by atoms with Crippen molar-refractivity contribution in [2.45, 2.75) is 13.8 Å². The Morgan fingerprint density at radius 3 is 2.61 bits per heavy atom. The van der Waals surface area contributed by atoms with Crippen LogP contribution in [0.4, 0.5) is 21.9 Å². The zero-order valence-corrected chi connectivity index (χ0v) is 15.3. The van der Waals surface area contributed by atoms with Gasteiger partial charge in [-0.25, -0.2) is 9.69 Å². The van der Waals surface area contributed by atoms with E-state index < -0.39 is 28.7 Å². The van der Waals surface area contributed by atoms with E-state index in [4.69, 9.17) is 0 Å². The average Bonchev–Trinajstić information content (AvgIpc) is 2.64. The summed E-state index contributed by atoms with van der Waals surface area (Å²) in [7, 11) is 0. The first-order valence-corrected chi connectivity index (χ1v) is 8.52. The van der Waals surface area contributed by atoms with Crippen molar-refractivity contribution in [1.82, 2.24) is 5.32 Å². The standard InChI is InChI=1S/C19H18N4O5/c1-11-6-7-14(8-12(11)2)22-18(25)16(10-20-19(22)26)17(24)21-13-4-3-5-15(9-13)23(27)28/h3-9,16H,10H2,1-2H3,(H,20,26)(H,21,24). The SMILES string of the molecule is Cc1ccc(N2C(=O)NCC(C(=O)Nc3cccc([N+](=O)[O-])c3)C2=O)cc1C. The number of imide groups is 1. The second kappa shape index (κ2) is 7.47. The van der Waals surface area contributed by atoms with Crippen molar-refractivity contribution in [2.75, 3.05) is 16.8 Å². The predicted molar refractivity (Wildman–Crippen MR) is 102 cm³/mol. The Bertz CT molecular complexity index is 988. The van der Waals surface area contributed by atoms with E-state index in [1.165, 1.54) is 24.3 Å². The third-order valence-electron chi connectivity index (χ3n) is 4.57. The maximum absolute atomic E-state index is 12.8. The van der Waals surface area contributed by atoms with Crippen LogP contribution in [0.25, 0.3) is 0 Å². The molecule has 28 heavy (non-hydrogen) atoms. The smallest absolute Gasteiger partial charge is 0.328 e. The number of nitrogens with one attached hydrogen (secondary N) is 2. The fraction of sp³-hybridized carbons (Fsp3) is 0.211. The number of non-ortho nitro benzene ring substituents is 1. The lowest BCUT2D eigenvalue weighted by Crippen LogP contribution is -2.58. The van der Waals surface area contributed by atoms with Crippen molar-refractivity contribution < 1.29 is 19.3 Å². The molecule has 0 aromatic heterocycles. The molecule has 1 aliphatic rings. The summed E-state index contributed by atoms with van der Waals surface area (Å²) >= 11 is 0. The van der Waals surface area contributed by atoms with Crippen molar-refractivity contribution in [2.24, 2.45) is 5.92 Å². The van der Waals surface area contributed by atoms with E-state index >= 15 is 0 Å². The van der Waals surface area contributed by atoms with Crippen molar-refractivity contribution in [3.63, 3.8) is 0 Å². The molecule has 1 unspecified atom stereocenters.